The molecule has 0 spiro atoms. The monoisotopic (exact) mass is 715 g/mol. The van der Waals surface area contributed by atoms with Crippen LogP contribution in [0.4, 0.5) is 28.4 Å². The first-order chi connectivity index (χ1) is 25.3. The Morgan fingerprint density at radius 2 is 1.43 bits per heavy atom. The van der Waals surface area contributed by atoms with Crippen LogP contribution in [-0.4, -0.2) is 52.7 Å². The molecule has 4 aromatic rings. The number of para-hydroxylation sites is 1. The van der Waals surface area contributed by atoms with Gasteiger partial charge in [0.2, 0.25) is 23.6 Å². The molecule has 8 rings (SSSR count). The second kappa shape index (κ2) is 11.8. The van der Waals surface area contributed by atoms with Gasteiger partial charge in [-0.1, -0.05) is 66.2 Å². The van der Waals surface area contributed by atoms with Crippen molar-refractivity contribution in [3.8, 4) is 5.75 Å². The van der Waals surface area contributed by atoms with Crippen molar-refractivity contribution < 1.29 is 34.1 Å². The predicted molar refractivity (Wildman–Crippen MR) is 193 cm³/mol. The standard InChI is InChI=1S/C39H33N5O9/c1-39-28(36(47)42(38(39)49)21-10-5-4-6-11-21)19-27-24(32(39)26-14-13-20-9-7-8-12-23(20)34(26)45)15-16-25-31(27)37(48)41(35(25)46)22-17-29(43(50)51)33(40(2)3)30(18-22)44(52)53/h4-15,17-18,25,27-28,31-32,45H,16,19H2,1-3H3/t25-,27+,28-,31-,32+,39+/m0/s1. The lowest BCUT2D eigenvalue weighted by molar-refractivity contribution is -0.392. The molecule has 1 N–H and O–H groups in total. The molecule has 4 aromatic carbocycles. The Morgan fingerprint density at radius 1 is 0.792 bits per heavy atom. The Balaban J connectivity index is 1.28. The van der Waals surface area contributed by atoms with Crippen LogP contribution < -0.4 is 14.7 Å². The normalized spacial score (nSPS) is 26.3. The van der Waals surface area contributed by atoms with E-state index in [1.165, 1.54) is 23.9 Å². The summed E-state index contributed by atoms with van der Waals surface area (Å²) in [5.74, 6) is -6.91. The van der Waals surface area contributed by atoms with Crippen LogP contribution in [0.25, 0.3) is 10.8 Å². The highest BCUT2D eigenvalue weighted by molar-refractivity contribution is 6.25. The smallest absolute Gasteiger partial charge is 0.301 e. The van der Waals surface area contributed by atoms with Crippen molar-refractivity contribution in [1.82, 2.24) is 0 Å². The first kappa shape index (κ1) is 33.7. The fourth-order valence-corrected chi connectivity index (χ4v) is 9.40. The molecule has 0 radical (unpaired) electrons. The third-order valence-electron chi connectivity index (χ3n) is 11.7. The van der Waals surface area contributed by atoms with Gasteiger partial charge in [0.15, 0.2) is 5.69 Å². The van der Waals surface area contributed by atoms with Gasteiger partial charge in [0.1, 0.15) is 5.75 Å². The number of nitro groups is 2. The van der Waals surface area contributed by atoms with Gasteiger partial charge in [0.25, 0.3) is 0 Å². The zero-order valence-corrected chi connectivity index (χ0v) is 28.8. The second-order valence-electron chi connectivity index (χ2n) is 14.5. The van der Waals surface area contributed by atoms with E-state index in [1.54, 1.807) is 55.5 Å². The molecule has 3 fully saturated rings. The molecular formula is C39H33N5O9. The molecule has 2 heterocycles. The number of imide groups is 2. The predicted octanol–water partition coefficient (Wildman–Crippen LogP) is 5.86. The Hall–Kier alpha value is -6.44. The van der Waals surface area contributed by atoms with Crippen molar-refractivity contribution in [2.45, 2.75) is 25.7 Å². The average Bonchev–Trinajstić information content (AvgIpc) is 3.51. The van der Waals surface area contributed by atoms with Gasteiger partial charge in [0.05, 0.1) is 44.4 Å². The van der Waals surface area contributed by atoms with E-state index in [0.717, 1.165) is 22.4 Å². The number of hydrogen-bond acceptors (Lipinski definition) is 10. The first-order valence-corrected chi connectivity index (χ1v) is 17.1. The number of carbonyl (C=O) groups is 4. The van der Waals surface area contributed by atoms with Gasteiger partial charge >= 0.3 is 11.4 Å². The summed E-state index contributed by atoms with van der Waals surface area (Å²) < 4.78 is 0. The van der Waals surface area contributed by atoms with Crippen LogP contribution in [0.15, 0.2) is 90.5 Å². The fraction of sp³-hybridized carbons (Fsp3) is 0.282. The lowest BCUT2D eigenvalue weighted by atomic mass is 9.51. The highest BCUT2D eigenvalue weighted by atomic mass is 16.6. The molecule has 2 aliphatic heterocycles. The van der Waals surface area contributed by atoms with Gasteiger partial charge in [-0.05, 0) is 43.2 Å². The number of benzene rings is 4. The zero-order valence-electron chi connectivity index (χ0n) is 28.8. The molecule has 14 heteroatoms. The number of phenolic OH excluding ortho intramolecular Hbond substituents is 1. The number of hydrogen-bond donors (Lipinski definition) is 1. The maximum atomic E-state index is 14.7. The van der Waals surface area contributed by atoms with E-state index in [9.17, 15) is 44.5 Å². The second-order valence-corrected chi connectivity index (χ2v) is 14.5. The van der Waals surface area contributed by atoms with E-state index in [0.29, 0.717) is 22.2 Å². The van der Waals surface area contributed by atoms with Crippen molar-refractivity contribution >= 4 is 62.8 Å². The molecule has 6 atom stereocenters. The van der Waals surface area contributed by atoms with E-state index in [2.05, 4.69) is 0 Å². The van der Waals surface area contributed by atoms with E-state index < -0.39 is 79.9 Å². The summed E-state index contributed by atoms with van der Waals surface area (Å²) in [4.78, 5) is 83.8. The number of nitro benzene ring substituents is 2. The molecule has 268 valence electrons. The molecular weight excluding hydrogens is 682 g/mol. The Morgan fingerprint density at radius 3 is 2.08 bits per heavy atom. The number of aromatic hydroxyl groups is 1. The minimum absolute atomic E-state index is 0.0367. The quantitative estimate of drug-likeness (QED) is 0.110. The summed E-state index contributed by atoms with van der Waals surface area (Å²) in [6.45, 7) is 1.72. The zero-order chi connectivity index (χ0) is 37.7. The van der Waals surface area contributed by atoms with Crippen LogP contribution >= 0.6 is 0 Å². The van der Waals surface area contributed by atoms with Gasteiger partial charge in [-0.2, -0.15) is 0 Å². The number of phenols is 1. The van der Waals surface area contributed by atoms with Crippen LogP contribution in [0.1, 0.15) is 31.2 Å². The van der Waals surface area contributed by atoms with Crippen molar-refractivity contribution in [3.05, 3.63) is 116 Å². The van der Waals surface area contributed by atoms with Gasteiger partial charge < -0.3 is 10.0 Å². The number of carbonyl (C=O) groups excluding carboxylic acids is 4. The third kappa shape index (κ3) is 4.64. The summed E-state index contributed by atoms with van der Waals surface area (Å²) >= 11 is 0. The van der Waals surface area contributed by atoms with Crippen LogP contribution in [-0.2, 0) is 19.2 Å². The number of fused-ring (bicyclic) bond motifs is 5. The molecule has 4 aliphatic rings. The van der Waals surface area contributed by atoms with E-state index in [4.69, 9.17) is 0 Å². The van der Waals surface area contributed by atoms with Crippen LogP contribution in [0, 0.1) is 49.3 Å². The Kier molecular flexibility index (Phi) is 7.50. The van der Waals surface area contributed by atoms with Crippen LogP contribution in [0.3, 0.4) is 0 Å². The summed E-state index contributed by atoms with van der Waals surface area (Å²) in [6.07, 6.45) is 1.92. The van der Waals surface area contributed by atoms with E-state index >= 15 is 0 Å². The van der Waals surface area contributed by atoms with Gasteiger partial charge in [-0.15, -0.1) is 0 Å². The highest BCUT2D eigenvalue weighted by Gasteiger charge is 2.68. The molecule has 53 heavy (non-hydrogen) atoms. The number of allylic oxidation sites excluding steroid dienone is 2. The van der Waals surface area contributed by atoms with E-state index in [-0.39, 0.29) is 30.0 Å². The number of anilines is 3. The summed E-state index contributed by atoms with van der Waals surface area (Å²) in [5.41, 5.74) is -1.86. The molecule has 1 saturated carbocycles. The lowest BCUT2D eigenvalue weighted by Gasteiger charge is -2.49. The number of rotatable bonds is 6. The third-order valence-corrected chi connectivity index (χ3v) is 11.7. The van der Waals surface area contributed by atoms with Gasteiger partial charge in [0, 0.05) is 43.1 Å². The summed E-state index contributed by atoms with van der Waals surface area (Å²) in [7, 11) is 2.83. The largest absolute Gasteiger partial charge is 0.507 e. The van der Waals surface area contributed by atoms with Crippen LogP contribution in [0.2, 0.25) is 0 Å². The molecule has 4 amide bonds. The van der Waals surface area contributed by atoms with Crippen LogP contribution in [0.5, 0.6) is 5.75 Å². The van der Waals surface area contributed by atoms with E-state index in [1.807, 2.05) is 24.3 Å². The molecule has 14 nitrogen and oxygen atoms in total. The fourth-order valence-electron chi connectivity index (χ4n) is 9.40. The topological polar surface area (TPSA) is 185 Å². The molecule has 2 saturated heterocycles. The molecule has 2 aliphatic carbocycles. The van der Waals surface area contributed by atoms with Crippen molar-refractivity contribution in [2.75, 3.05) is 28.8 Å². The molecule has 0 bridgehead atoms. The number of amides is 4. The summed E-state index contributed by atoms with van der Waals surface area (Å²) in [6, 6.07) is 21.3. The Bertz CT molecular complexity index is 2320. The molecule has 0 unspecified atom stereocenters. The van der Waals surface area contributed by atoms with Gasteiger partial charge in [-0.25, -0.2) is 9.80 Å². The maximum Gasteiger partial charge on any atom is 0.301 e. The average molecular weight is 716 g/mol. The minimum atomic E-state index is -1.39. The SMILES string of the molecule is CN(C)c1c([N+](=O)[O-])cc(N2C(=O)[C@H]3[C@H](CC=C4[C@H]3C[C@H]3C(=O)N(c5ccccc5)C(=O)[C@@]3(C)[C@H]4c3ccc4ccccc4c3O)C2=O)cc1[N+](=O)[O-]. The summed E-state index contributed by atoms with van der Waals surface area (Å²) in [5, 5.41) is 37.5. The molecule has 0 aromatic heterocycles. The minimum Gasteiger partial charge on any atom is -0.507 e. The lowest BCUT2D eigenvalue weighted by Crippen LogP contribution is -2.48. The Labute approximate surface area is 302 Å². The van der Waals surface area contributed by atoms with Crippen molar-refractivity contribution in [3.63, 3.8) is 0 Å². The van der Waals surface area contributed by atoms with Crippen molar-refractivity contribution in [2.24, 2.45) is 29.1 Å². The number of nitrogens with zero attached hydrogens (tertiary/aromatic N) is 5. The highest BCUT2D eigenvalue weighted by Crippen LogP contribution is 2.65. The van der Waals surface area contributed by atoms with Crippen molar-refractivity contribution in [1.29, 1.82) is 0 Å². The van der Waals surface area contributed by atoms with Gasteiger partial charge in [-0.3, -0.25) is 39.4 Å². The maximum absolute atomic E-state index is 14.7. The first-order valence-electron chi connectivity index (χ1n) is 17.1.